The Kier molecular flexibility index (Phi) is 6.58. The third-order valence-corrected chi connectivity index (χ3v) is 4.63. The minimum absolute atomic E-state index is 0.0684. The topological polar surface area (TPSA) is 41.1 Å². The van der Waals surface area contributed by atoms with Crippen molar-refractivity contribution < 1.29 is 4.79 Å². The van der Waals surface area contributed by atoms with E-state index in [4.69, 9.17) is 0 Å². The SMILES string of the molecule is CC(NCCC1=CCCCC1)C(=O)NC1CCCCC1. The monoisotopic (exact) mass is 278 g/mol. The number of amides is 1. The number of hydrogen-bond donors (Lipinski definition) is 2. The molecule has 114 valence electrons. The van der Waals surface area contributed by atoms with E-state index in [-0.39, 0.29) is 11.9 Å². The molecule has 1 atom stereocenters. The van der Waals surface area contributed by atoms with Crippen LogP contribution in [0.4, 0.5) is 0 Å². The fourth-order valence-corrected chi connectivity index (χ4v) is 3.25. The van der Waals surface area contributed by atoms with Gasteiger partial charge in [-0.15, -0.1) is 0 Å². The second-order valence-corrected chi connectivity index (χ2v) is 6.38. The van der Waals surface area contributed by atoms with Crippen LogP contribution in [0, 0.1) is 0 Å². The van der Waals surface area contributed by atoms with Gasteiger partial charge in [0.25, 0.3) is 0 Å². The van der Waals surface area contributed by atoms with Gasteiger partial charge in [-0.1, -0.05) is 30.9 Å². The van der Waals surface area contributed by atoms with Crippen molar-refractivity contribution in [3.63, 3.8) is 0 Å². The maximum Gasteiger partial charge on any atom is 0.237 e. The summed E-state index contributed by atoms with van der Waals surface area (Å²) in [5, 5.41) is 6.56. The van der Waals surface area contributed by atoms with E-state index in [1.165, 1.54) is 44.9 Å². The Balaban J connectivity index is 1.61. The predicted molar refractivity (Wildman–Crippen MR) is 83.6 cm³/mol. The zero-order chi connectivity index (χ0) is 14.2. The molecular weight excluding hydrogens is 248 g/mol. The molecule has 1 amide bonds. The Morgan fingerprint density at radius 2 is 2.05 bits per heavy atom. The summed E-state index contributed by atoms with van der Waals surface area (Å²) in [6.45, 7) is 2.90. The van der Waals surface area contributed by atoms with Crippen molar-refractivity contribution in [1.82, 2.24) is 10.6 Å². The summed E-state index contributed by atoms with van der Waals surface area (Å²) >= 11 is 0. The lowest BCUT2D eigenvalue weighted by atomic mass is 9.95. The van der Waals surface area contributed by atoms with Crippen LogP contribution >= 0.6 is 0 Å². The molecule has 0 aromatic rings. The lowest BCUT2D eigenvalue weighted by molar-refractivity contribution is -0.123. The van der Waals surface area contributed by atoms with Crippen molar-refractivity contribution in [2.24, 2.45) is 0 Å². The standard InChI is InChI=1S/C17H30N2O/c1-14(17(20)19-16-10-6-3-7-11-16)18-13-12-15-8-4-2-5-9-15/h8,14,16,18H,2-7,9-13H2,1H3,(H,19,20). The normalized spacial score (nSPS) is 22.1. The quantitative estimate of drug-likeness (QED) is 0.732. The number of carbonyl (C=O) groups excluding carboxylic acids is 1. The van der Waals surface area contributed by atoms with E-state index in [9.17, 15) is 4.79 Å². The first kappa shape index (κ1) is 15.6. The Hall–Kier alpha value is -0.830. The Labute approximate surface area is 123 Å². The lowest BCUT2D eigenvalue weighted by Gasteiger charge is -2.25. The second kappa shape index (κ2) is 8.46. The molecule has 2 rings (SSSR count). The molecule has 0 spiro atoms. The van der Waals surface area contributed by atoms with Crippen LogP contribution in [0.5, 0.6) is 0 Å². The highest BCUT2D eigenvalue weighted by Crippen LogP contribution is 2.19. The average molecular weight is 278 g/mol. The summed E-state index contributed by atoms with van der Waals surface area (Å²) in [4.78, 5) is 12.1. The Morgan fingerprint density at radius 1 is 1.25 bits per heavy atom. The van der Waals surface area contributed by atoms with Crippen molar-refractivity contribution in [3.8, 4) is 0 Å². The summed E-state index contributed by atoms with van der Waals surface area (Å²) in [7, 11) is 0. The molecule has 20 heavy (non-hydrogen) atoms. The molecule has 0 radical (unpaired) electrons. The number of rotatable bonds is 6. The van der Waals surface area contributed by atoms with Gasteiger partial charge in [-0.3, -0.25) is 4.79 Å². The predicted octanol–water partition coefficient (Wildman–Crippen LogP) is 3.30. The van der Waals surface area contributed by atoms with Crippen molar-refractivity contribution in [2.45, 2.75) is 83.2 Å². The van der Waals surface area contributed by atoms with E-state index >= 15 is 0 Å². The molecule has 0 aliphatic heterocycles. The number of nitrogens with one attached hydrogen (secondary N) is 2. The zero-order valence-electron chi connectivity index (χ0n) is 12.9. The molecule has 3 nitrogen and oxygen atoms in total. The van der Waals surface area contributed by atoms with Crippen LogP contribution in [0.25, 0.3) is 0 Å². The smallest absolute Gasteiger partial charge is 0.237 e. The third kappa shape index (κ3) is 5.28. The highest BCUT2D eigenvalue weighted by molar-refractivity contribution is 5.81. The van der Waals surface area contributed by atoms with Gasteiger partial charge >= 0.3 is 0 Å². The van der Waals surface area contributed by atoms with Gasteiger partial charge in [-0.05, 0) is 58.4 Å². The Bertz CT molecular complexity index is 332. The van der Waals surface area contributed by atoms with Crippen LogP contribution < -0.4 is 10.6 Å². The maximum absolute atomic E-state index is 12.1. The summed E-state index contributed by atoms with van der Waals surface area (Å²) in [5.41, 5.74) is 1.57. The van der Waals surface area contributed by atoms with Crippen LogP contribution in [0.1, 0.15) is 71.1 Å². The molecular formula is C17H30N2O. The van der Waals surface area contributed by atoms with Gasteiger partial charge in [-0.25, -0.2) is 0 Å². The average Bonchev–Trinajstić information content (AvgIpc) is 2.49. The van der Waals surface area contributed by atoms with Crippen LogP contribution in [-0.4, -0.2) is 24.5 Å². The molecule has 1 fully saturated rings. The van der Waals surface area contributed by atoms with E-state index < -0.39 is 0 Å². The van der Waals surface area contributed by atoms with Crippen LogP contribution in [0.3, 0.4) is 0 Å². The third-order valence-electron chi connectivity index (χ3n) is 4.63. The van der Waals surface area contributed by atoms with Crippen LogP contribution in [0.2, 0.25) is 0 Å². The summed E-state index contributed by atoms with van der Waals surface area (Å²) in [6.07, 6.45) is 14.8. The molecule has 1 saturated carbocycles. The Morgan fingerprint density at radius 3 is 2.75 bits per heavy atom. The molecule has 0 heterocycles. The molecule has 0 bridgehead atoms. The fourth-order valence-electron chi connectivity index (χ4n) is 3.25. The second-order valence-electron chi connectivity index (χ2n) is 6.38. The number of carbonyl (C=O) groups is 1. The first-order chi connectivity index (χ1) is 9.75. The highest BCUT2D eigenvalue weighted by Gasteiger charge is 2.19. The number of allylic oxidation sites excluding steroid dienone is 1. The fraction of sp³-hybridized carbons (Fsp3) is 0.824. The van der Waals surface area contributed by atoms with Gasteiger partial charge in [0.15, 0.2) is 0 Å². The molecule has 0 aromatic heterocycles. The first-order valence-corrected chi connectivity index (χ1v) is 8.47. The highest BCUT2D eigenvalue weighted by atomic mass is 16.2. The lowest BCUT2D eigenvalue weighted by Crippen LogP contribution is -2.47. The van der Waals surface area contributed by atoms with Crippen LogP contribution in [-0.2, 0) is 4.79 Å². The van der Waals surface area contributed by atoms with Crippen molar-refractivity contribution >= 4 is 5.91 Å². The van der Waals surface area contributed by atoms with Gasteiger partial charge in [0.05, 0.1) is 6.04 Å². The van der Waals surface area contributed by atoms with E-state index in [2.05, 4.69) is 16.7 Å². The van der Waals surface area contributed by atoms with Crippen LogP contribution in [0.15, 0.2) is 11.6 Å². The van der Waals surface area contributed by atoms with Gasteiger partial charge < -0.3 is 10.6 Å². The van der Waals surface area contributed by atoms with Gasteiger partial charge in [0.2, 0.25) is 5.91 Å². The molecule has 0 aromatic carbocycles. The minimum atomic E-state index is -0.0684. The summed E-state index contributed by atoms with van der Waals surface area (Å²) < 4.78 is 0. The van der Waals surface area contributed by atoms with E-state index in [1.807, 2.05) is 6.92 Å². The van der Waals surface area contributed by atoms with Crippen molar-refractivity contribution in [2.75, 3.05) is 6.54 Å². The van der Waals surface area contributed by atoms with Gasteiger partial charge in [-0.2, -0.15) is 0 Å². The van der Waals surface area contributed by atoms with E-state index in [1.54, 1.807) is 5.57 Å². The molecule has 1 unspecified atom stereocenters. The van der Waals surface area contributed by atoms with Gasteiger partial charge in [0, 0.05) is 6.04 Å². The maximum atomic E-state index is 12.1. The van der Waals surface area contributed by atoms with Crippen molar-refractivity contribution in [3.05, 3.63) is 11.6 Å². The summed E-state index contributed by atoms with van der Waals surface area (Å²) in [5.74, 6) is 0.175. The summed E-state index contributed by atoms with van der Waals surface area (Å²) in [6, 6.07) is 0.350. The molecule has 2 N–H and O–H groups in total. The minimum Gasteiger partial charge on any atom is -0.352 e. The van der Waals surface area contributed by atoms with E-state index in [0.717, 1.165) is 25.8 Å². The molecule has 2 aliphatic rings. The first-order valence-electron chi connectivity index (χ1n) is 8.47. The zero-order valence-corrected chi connectivity index (χ0v) is 12.9. The molecule has 2 aliphatic carbocycles. The number of hydrogen-bond acceptors (Lipinski definition) is 2. The van der Waals surface area contributed by atoms with Crippen molar-refractivity contribution in [1.29, 1.82) is 0 Å². The molecule has 3 heteroatoms. The van der Waals surface area contributed by atoms with E-state index in [0.29, 0.717) is 6.04 Å². The van der Waals surface area contributed by atoms with Gasteiger partial charge in [0.1, 0.15) is 0 Å². The molecule has 0 saturated heterocycles. The largest absolute Gasteiger partial charge is 0.352 e.